The van der Waals surface area contributed by atoms with E-state index in [-0.39, 0.29) is 23.7 Å². The van der Waals surface area contributed by atoms with Gasteiger partial charge < -0.3 is 5.32 Å². The van der Waals surface area contributed by atoms with E-state index in [0.717, 1.165) is 11.1 Å². The molecule has 0 saturated carbocycles. The van der Waals surface area contributed by atoms with Crippen LogP contribution >= 0.6 is 0 Å². The fraction of sp³-hybridized carbons (Fsp3) is 0.500. The lowest BCUT2D eigenvalue weighted by atomic mass is 9.85. The first-order valence-electron chi connectivity index (χ1n) is 6.66. The van der Waals surface area contributed by atoms with Crippen LogP contribution in [0.25, 0.3) is 0 Å². The molecule has 1 N–H and O–H groups in total. The number of hydrogen-bond donors (Lipinski definition) is 1. The Morgan fingerprint density at radius 3 is 2.37 bits per heavy atom. The summed E-state index contributed by atoms with van der Waals surface area (Å²) in [6, 6.07) is 5.96. The van der Waals surface area contributed by atoms with Crippen molar-refractivity contribution in [3.8, 4) is 0 Å². The second-order valence-electron chi connectivity index (χ2n) is 5.83. The number of benzene rings is 1. The largest absolute Gasteiger partial charge is 0.349 e. The van der Waals surface area contributed by atoms with Crippen LogP contribution in [0.2, 0.25) is 0 Å². The zero-order chi connectivity index (χ0) is 14.6. The Morgan fingerprint density at radius 2 is 1.84 bits per heavy atom. The lowest BCUT2D eigenvalue weighted by Crippen LogP contribution is -2.29. The van der Waals surface area contributed by atoms with E-state index >= 15 is 0 Å². The van der Waals surface area contributed by atoms with E-state index in [1.807, 2.05) is 19.1 Å². The minimum Gasteiger partial charge on any atom is -0.349 e. The highest BCUT2D eigenvalue weighted by Crippen LogP contribution is 2.24. The molecule has 0 fully saturated rings. The zero-order valence-corrected chi connectivity index (χ0v) is 12.5. The fourth-order valence-electron chi connectivity index (χ4n) is 1.79. The molecule has 1 aromatic rings. The number of hydrogen-bond acceptors (Lipinski definition) is 2. The van der Waals surface area contributed by atoms with Gasteiger partial charge in [0, 0.05) is 12.0 Å². The summed E-state index contributed by atoms with van der Waals surface area (Å²) in [6.07, 6.45) is 0.397. The third kappa shape index (κ3) is 4.19. The van der Waals surface area contributed by atoms with Crippen molar-refractivity contribution >= 4 is 11.7 Å². The van der Waals surface area contributed by atoms with Crippen molar-refractivity contribution in [3.63, 3.8) is 0 Å². The number of ketones is 1. The smallest absolute Gasteiger partial charge is 0.220 e. The molecule has 0 aromatic heterocycles. The lowest BCUT2D eigenvalue weighted by Gasteiger charge is -2.20. The van der Waals surface area contributed by atoms with Crippen molar-refractivity contribution in [1.29, 1.82) is 0 Å². The van der Waals surface area contributed by atoms with Gasteiger partial charge in [-0.2, -0.15) is 0 Å². The van der Waals surface area contributed by atoms with Crippen LogP contribution < -0.4 is 5.32 Å². The SMILES string of the molecule is CCC(=O)NCC(=O)c1cc(C(C)(C)C)ccc1C. The first-order valence-corrected chi connectivity index (χ1v) is 6.66. The zero-order valence-electron chi connectivity index (χ0n) is 12.5. The highest BCUT2D eigenvalue weighted by Gasteiger charge is 2.17. The van der Waals surface area contributed by atoms with Gasteiger partial charge in [0.15, 0.2) is 5.78 Å². The normalized spacial score (nSPS) is 11.2. The van der Waals surface area contributed by atoms with Crippen LogP contribution in [0, 0.1) is 6.92 Å². The van der Waals surface area contributed by atoms with Crippen LogP contribution in [0.5, 0.6) is 0 Å². The van der Waals surface area contributed by atoms with Crippen molar-refractivity contribution in [2.75, 3.05) is 6.54 Å². The average Bonchev–Trinajstić information content (AvgIpc) is 2.34. The number of nitrogens with one attached hydrogen (secondary N) is 1. The highest BCUT2D eigenvalue weighted by atomic mass is 16.2. The van der Waals surface area contributed by atoms with Gasteiger partial charge in [0.1, 0.15) is 0 Å². The fourth-order valence-corrected chi connectivity index (χ4v) is 1.79. The number of carbonyl (C=O) groups excluding carboxylic acids is 2. The van der Waals surface area contributed by atoms with Crippen LogP contribution in [0.1, 0.15) is 55.6 Å². The molecule has 0 saturated heterocycles. The summed E-state index contributed by atoms with van der Waals surface area (Å²) in [4.78, 5) is 23.3. The highest BCUT2D eigenvalue weighted by molar-refractivity contribution is 6.00. The molecule has 104 valence electrons. The van der Waals surface area contributed by atoms with E-state index in [4.69, 9.17) is 0 Å². The van der Waals surface area contributed by atoms with E-state index < -0.39 is 0 Å². The molecule has 3 heteroatoms. The number of Topliss-reactive ketones (excluding diaryl/α,β-unsaturated/α-hetero) is 1. The maximum atomic E-state index is 12.2. The summed E-state index contributed by atoms with van der Waals surface area (Å²) in [6.45, 7) is 10.1. The summed E-state index contributed by atoms with van der Waals surface area (Å²) in [5, 5.41) is 2.63. The summed E-state index contributed by atoms with van der Waals surface area (Å²) in [5.41, 5.74) is 2.78. The first-order chi connectivity index (χ1) is 8.75. The number of carbonyl (C=O) groups is 2. The van der Waals surface area contributed by atoms with Gasteiger partial charge in [-0.1, -0.05) is 39.8 Å². The molecule has 1 amide bonds. The van der Waals surface area contributed by atoms with Gasteiger partial charge in [0.05, 0.1) is 6.54 Å². The first kappa shape index (κ1) is 15.4. The van der Waals surface area contributed by atoms with Crippen molar-refractivity contribution in [3.05, 3.63) is 34.9 Å². The van der Waals surface area contributed by atoms with Crippen LogP contribution in [0.15, 0.2) is 18.2 Å². The molecular formula is C16H23NO2. The Morgan fingerprint density at radius 1 is 1.21 bits per heavy atom. The summed E-state index contributed by atoms with van der Waals surface area (Å²) in [7, 11) is 0. The molecule has 0 aliphatic heterocycles. The molecule has 3 nitrogen and oxygen atoms in total. The minimum absolute atomic E-state index is 0.00932. The molecule has 1 rings (SSSR count). The van der Waals surface area contributed by atoms with Crippen LogP contribution in [-0.4, -0.2) is 18.2 Å². The summed E-state index contributed by atoms with van der Waals surface area (Å²) >= 11 is 0. The molecule has 0 heterocycles. The standard InChI is InChI=1S/C16H23NO2/c1-6-15(19)17-10-14(18)13-9-12(16(3,4)5)8-7-11(13)2/h7-9H,6,10H2,1-5H3,(H,17,19). The molecule has 0 atom stereocenters. The monoisotopic (exact) mass is 261 g/mol. The Hall–Kier alpha value is -1.64. The van der Waals surface area contributed by atoms with Crippen molar-refractivity contribution in [1.82, 2.24) is 5.32 Å². The molecule has 0 aliphatic carbocycles. The topological polar surface area (TPSA) is 46.2 Å². The van der Waals surface area contributed by atoms with E-state index in [2.05, 4.69) is 32.2 Å². The van der Waals surface area contributed by atoms with Gasteiger partial charge in [0.25, 0.3) is 0 Å². The average molecular weight is 261 g/mol. The molecule has 0 bridgehead atoms. The Bertz CT molecular complexity index is 484. The lowest BCUT2D eigenvalue weighted by molar-refractivity contribution is -0.120. The maximum Gasteiger partial charge on any atom is 0.220 e. The number of amides is 1. The molecule has 19 heavy (non-hydrogen) atoms. The van der Waals surface area contributed by atoms with Crippen LogP contribution in [0.3, 0.4) is 0 Å². The molecule has 0 aliphatic rings. The quantitative estimate of drug-likeness (QED) is 0.847. The minimum atomic E-state index is -0.0991. The van der Waals surface area contributed by atoms with E-state index in [1.54, 1.807) is 6.92 Å². The van der Waals surface area contributed by atoms with Gasteiger partial charge in [0.2, 0.25) is 5.91 Å². The summed E-state index contributed by atoms with van der Waals surface area (Å²) in [5.74, 6) is -0.136. The second kappa shape index (κ2) is 6.00. The van der Waals surface area contributed by atoms with Gasteiger partial charge in [-0.3, -0.25) is 9.59 Å². The Kier molecular flexibility index (Phi) is 4.87. The molecule has 0 radical (unpaired) electrons. The predicted octanol–water partition coefficient (Wildman–Crippen LogP) is 3.00. The van der Waals surface area contributed by atoms with Gasteiger partial charge >= 0.3 is 0 Å². The third-order valence-corrected chi connectivity index (χ3v) is 3.17. The van der Waals surface area contributed by atoms with Crippen LogP contribution in [-0.2, 0) is 10.2 Å². The third-order valence-electron chi connectivity index (χ3n) is 3.17. The number of aryl methyl sites for hydroxylation is 1. The van der Waals surface area contributed by atoms with Gasteiger partial charge in [-0.15, -0.1) is 0 Å². The predicted molar refractivity (Wildman–Crippen MR) is 77.5 cm³/mol. The van der Waals surface area contributed by atoms with E-state index in [1.165, 1.54) is 0 Å². The number of rotatable bonds is 4. The molecular weight excluding hydrogens is 238 g/mol. The summed E-state index contributed by atoms with van der Waals surface area (Å²) < 4.78 is 0. The Balaban J connectivity index is 2.93. The van der Waals surface area contributed by atoms with Crippen molar-refractivity contribution < 1.29 is 9.59 Å². The van der Waals surface area contributed by atoms with Gasteiger partial charge in [-0.05, 0) is 29.5 Å². The Labute approximate surface area is 115 Å². The maximum absolute atomic E-state index is 12.2. The molecule has 1 aromatic carbocycles. The van der Waals surface area contributed by atoms with Gasteiger partial charge in [-0.25, -0.2) is 0 Å². The van der Waals surface area contributed by atoms with Crippen molar-refractivity contribution in [2.45, 2.75) is 46.5 Å². The second-order valence-corrected chi connectivity index (χ2v) is 5.83. The molecule has 0 unspecified atom stereocenters. The van der Waals surface area contributed by atoms with E-state index in [9.17, 15) is 9.59 Å². The van der Waals surface area contributed by atoms with Crippen molar-refractivity contribution in [2.24, 2.45) is 0 Å². The molecule has 0 spiro atoms. The van der Waals surface area contributed by atoms with Crippen LogP contribution in [0.4, 0.5) is 0 Å². The van der Waals surface area contributed by atoms with E-state index in [0.29, 0.717) is 12.0 Å².